The zero-order chi connectivity index (χ0) is 23.8. The van der Waals surface area contributed by atoms with Gasteiger partial charge in [-0.2, -0.15) is 0 Å². The van der Waals surface area contributed by atoms with Crippen LogP contribution in [-0.4, -0.2) is 73.9 Å². The molecule has 0 aliphatic rings. The summed E-state index contributed by atoms with van der Waals surface area (Å²) in [5.74, 6) is 3.92. The molecule has 0 aromatic carbocycles. The lowest BCUT2D eigenvalue weighted by molar-refractivity contribution is -0.139. The fourth-order valence-corrected chi connectivity index (χ4v) is 2.33. The van der Waals surface area contributed by atoms with Crippen molar-refractivity contribution >= 4 is 52.4 Å². The van der Waals surface area contributed by atoms with Gasteiger partial charge in [0, 0.05) is 41.2 Å². The average Bonchev–Trinajstić information content (AvgIpc) is 2.72. The van der Waals surface area contributed by atoms with Gasteiger partial charge in [-0.1, -0.05) is 11.8 Å². The van der Waals surface area contributed by atoms with Gasteiger partial charge in [-0.25, -0.2) is 0 Å². The number of aliphatic carboxylic acids is 2. The number of hydrogen-bond donors (Lipinski definition) is 6. The Morgan fingerprint density at radius 3 is 2.32 bits per heavy atom. The van der Waals surface area contributed by atoms with Gasteiger partial charge >= 0.3 is 17.2 Å². The molecule has 166 valence electrons. The number of nitrogens with zero attached hydrogens (tertiary/aromatic N) is 1. The lowest BCUT2D eigenvalue weighted by atomic mass is 10.1. The number of carbonyl (C=O) groups is 5. The molecule has 31 heavy (non-hydrogen) atoms. The summed E-state index contributed by atoms with van der Waals surface area (Å²) in [5, 5.41) is 32.1. The van der Waals surface area contributed by atoms with Crippen molar-refractivity contribution in [1.82, 2.24) is 15.7 Å². The third kappa shape index (κ3) is 13.4. The molecule has 0 aliphatic carbocycles. The highest BCUT2D eigenvalue weighted by molar-refractivity contribution is 8.13. The van der Waals surface area contributed by atoms with Gasteiger partial charge in [0.05, 0.1) is 6.04 Å². The largest absolute Gasteiger partial charge is 0.480 e. The van der Waals surface area contributed by atoms with Crippen molar-refractivity contribution in [2.45, 2.75) is 24.9 Å². The van der Waals surface area contributed by atoms with Crippen molar-refractivity contribution in [2.75, 3.05) is 12.3 Å². The van der Waals surface area contributed by atoms with Crippen molar-refractivity contribution in [3.8, 4) is 35.1 Å². The molecule has 0 heterocycles. The molecule has 1 unspecified atom stereocenters. The van der Waals surface area contributed by atoms with Crippen LogP contribution in [0.1, 0.15) is 12.8 Å². The number of thioether (sulfide) groups is 1. The van der Waals surface area contributed by atoms with Gasteiger partial charge in [0.25, 0.3) is 0 Å². The number of hydrogen-bond acceptors (Lipinski definition) is 8. The van der Waals surface area contributed by atoms with Crippen molar-refractivity contribution in [3.05, 3.63) is 0 Å². The number of halogens is 1. The second kappa shape index (κ2) is 15.4. The number of hydroxylamine groups is 2. The van der Waals surface area contributed by atoms with Gasteiger partial charge in [-0.15, -0.1) is 5.06 Å². The van der Waals surface area contributed by atoms with E-state index in [1.165, 1.54) is 0 Å². The number of nitrogens with one attached hydrogen (secondary N) is 2. The van der Waals surface area contributed by atoms with E-state index in [0.717, 1.165) is 0 Å². The second-order valence-corrected chi connectivity index (χ2v) is 6.47. The summed E-state index contributed by atoms with van der Waals surface area (Å²) in [5.41, 5.74) is 5.29. The maximum Gasteiger partial charge on any atom is 0.322 e. The van der Waals surface area contributed by atoms with Gasteiger partial charge in [0.15, 0.2) is 0 Å². The Morgan fingerprint density at radius 2 is 1.74 bits per heavy atom. The van der Waals surface area contributed by atoms with Gasteiger partial charge in [-0.05, 0) is 18.0 Å². The third-order valence-corrected chi connectivity index (χ3v) is 4.02. The van der Waals surface area contributed by atoms with Crippen LogP contribution >= 0.6 is 23.4 Å². The molecular formula is C17H17ClN4O8S. The molecule has 0 spiro atoms. The van der Waals surface area contributed by atoms with E-state index >= 15 is 0 Å². The smallest absolute Gasteiger partial charge is 0.322 e. The first-order valence-corrected chi connectivity index (χ1v) is 9.49. The topological polar surface area (TPSA) is 199 Å². The summed E-state index contributed by atoms with van der Waals surface area (Å²) in [6, 6.07) is -0.696. The van der Waals surface area contributed by atoms with E-state index in [2.05, 4.69) is 29.0 Å². The minimum atomic E-state index is -1.37. The first-order valence-electron chi connectivity index (χ1n) is 8.12. The van der Waals surface area contributed by atoms with Crippen LogP contribution in [0.2, 0.25) is 0 Å². The number of rotatable bonds is 10. The average molecular weight is 473 g/mol. The van der Waals surface area contributed by atoms with Crippen LogP contribution in [0.25, 0.3) is 0 Å². The number of carboxylic acid groups (broad SMARTS) is 2. The fraction of sp³-hybridized carbons (Fsp3) is 0.353. The Hall–Kier alpha value is -3.41. The van der Waals surface area contributed by atoms with Gasteiger partial charge in [0.2, 0.25) is 11.8 Å². The van der Waals surface area contributed by atoms with Crippen molar-refractivity contribution < 1.29 is 39.4 Å². The molecule has 12 nitrogen and oxygen atoms in total. The van der Waals surface area contributed by atoms with E-state index in [1.54, 1.807) is 0 Å². The highest BCUT2D eigenvalue weighted by atomic mass is 35.5. The fourth-order valence-electron chi connectivity index (χ4n) is 1.57. The number of carboxylic acids is 2. The summed E-state index contributed by atoms with van der Waals surface area (Å²) in [7, 11) is 0. The molecule has 0 saturated heterocycles. The lowest BCUT2D eigenvalue weighted by Crippen LogP contribution is -2.49. The van der Waals surface area contributed by atoms with Crippen LogP contribution in [0.15, 0.2) is 0 Å². The molecule has 0 aromatic heterocycles. The summed E-state index contributed by atoms with van der Waals surface area (Å²) in [4.78, 5) is 57.2. The van der Waals surface area contributed by atoms with Gasteiger partial charge < -0.3 is 26.6 Å². The Bertz CT molecular complexity index is 893. The monoisotopic (exact) mass is 472 g/mol. The normalized spacial score (nSPS) is 10.9. The van der Waals surface area contributed by atoms with E-state index in [1.807, 2.05) is 16.7 Å². The van der Waals surface area contributed by atoms with Crippen molar-refractivity contribution in [2.24, 2.45) is 5.73 Å². The van der Waals surface area contributed by atoms with Crippen LogP contribution in [0.4, 0.5) is 4.79 Å². The van der Waals surface area contributed by atoms with Crippen LogP contribution in [-0.2, 0) is 19.2 Å². The minimum Gasteiger partial charge on any atom is -0.480 e. The van der Waals surface area contributed by atoms with E-state index in [9.17, 15) is 29.2 Å². The molecule has 3 amide bonds. The lowest BCUT2D eigenvalue weighted by Gasteiger charge is -2.18. The number of nitrogens with two attached hydrogens (primary N) is 1. The quantitative estimate of drug-likeness (QED) is 0.0947. The van der Waals surface area contributed by atoms with Crippen LogP contribution in [0.3, 0.4) is 0 Å². The maximum atomic E-state index is 12.1. The standard InChI is InChI=1S/C17H17ClN4O8S/c18-7-3-1-2-4-8-22(30)17(29)31-10-12(15(26)20-9-14(24)25)21-13(23)6-5-11(19)16(27)28/h11-12,30H,5-6,9-10,19H2,(H,20,26)(H,21,23)(H,24,25)(H,27,28)/t11?,12-/m0/s1. The summed E-state index contributed by atoms with van der Waals surface area (Å²) in [6.45, 7) is -0.741. The minimum absolute atomic E-state index is 0.00656. The maximum absolute atomic E-state index is 12.1. The number of amides is 3. The predicted molar refractivity (Wildman–Crippen MR) is 108 cm³/mol. The molecular weight excluding hydrogens is 456 g/mol. The number of carbonyl (C=O) groups excluding carboxylic acids is 3. The van der Waals surface area contributed by atoms with E-state index in [-0.39, 0.29) is 17.9 Å². The molecule has 7 N–H and O–H groups in total. The van der Waals surface area contributed by atoms with E-state index in [0.29, 0.717) is 11.8 Å². The summed E-state index contributed by atoms with van der Waals surface area (Å²) in [6.07, 6.45) is -0.553. The first-order chi connectivity index (χ1) is 14.6. The molecule has 0 bridgehead atoms. The van der Waals surface area contributed by atoms with Crippen LogP contribution in [0, 0.1) is 35.1 Å². The molecule has 14 heteroatoms. The second-order valence-electron chi connectivity index (χ2n) is 5.31. The predicted octanol–water partition coefficient (Wildman–Crippen LogP) is -1.43. The molecule has 0 rings (SSSR count). The third-order valence-electron chi connectivity index (χ3n) is 3.01. The molecule has 0 fully saturated rings. The highest BCUT2D eigenvalue weighted by Gasteiger charge is 2.24. The van der Waals surface area contributed by atoms with Crippen molar-refractivity contribution in [3.63, 3.8) is 0 Å². The van der Waals surface area contributed by atoms with Gasteiger partial charge in [0.1, 0.15) is 18.6 Å². The Balaban J connectivity index is 4.99. The van der Waals surface area contributed by atoms with E-state index in [4.69, 9.17) is 27.5 Å². The molecule has 0 aliphatic heterocycles. The molecule has 2 atom stereocenters. The molecule has 0 radical (unpaired) electrons. The Kier molecular flexibility index (Phi) is 13.7. The SMILES string of the molecule is NC(CCC(=O)N[C@@H](CSC(=O)N(O)C#CC#CC#CCl)C(=O)NCC(=O)O)C(=O)O. The summed E-state index contributed by atoms with van der Waals surface area (Å²) < 4.78 is 0. The van der Waals surface area contributed by atoms with Crippen LogP contribution < -0.4 is 16.4 Å². The zero-order valence-electron chi connectivity index (χ0n) is 15.7. The first kappa shape index (κ1) is 27.6. The highest BCUT2D eigenvalue weighted by Crippen LogP contribution is 2.09. The molecule has 0 saturated carbocycles. The van der Waals surface area contributed by atoms with E-state index < -0.39 is 53.4 Å². The zero-order valence-corrected chi connectivity index (χ0v) is 17.2. The molecule has 0 aromatic rings. The summed E-state index contributed by atoms with van der Waals surface area (Å²) >= 11 is 5.45. The van der Waals surface area contributed by atoms with Gasteiger partial charge in [-0.3, -0.25) is 29.2 Å². The van der Waals surface area contributed by atoms with Crippen molar-refractivity contribution in [1.29, 1.82) is 0 Å². The Labute approximate surface area is 185 Å². The Morgan fingerprint density at radius 1 is 1.10 bits per heavy atom. The van der Waals surface area contributed by atoms with Crippen LogP contribution in [0.5, 0.6) is 0 Å².